The van der Waals surface area contributed by atoms with Crippen LogP contribution in [0.2, 0.25) is 0 Å². The molecule has 2 nitrogen and oxygen atoms in total. The van der Waals surface area contributed by atoms with Gasteiger partial charge in [-0.25, -0.2) is 4.39 Å². The Morgan fingerprint density at radius 3 is 2.46 bits per heavy atom. The molecule has 0 aromatic heterocycles. The lowest BCUT2D eigenvalue weighted by Crippen LogP contribution is -2.22. The number of phenolic OH excluding ortho intramolecular Hbond substituents is 1. The van der Waals surface area contributed by atoms with E-state index in [2.05, 4.69) is 0 Å². The first-order chi connectivity index (χ1) is 5.97. The predicted molar refractivity (Wildman–Crippen MR) is 48.2 cm³/mol. The third-order valence-electron chi connectivity index (χ3n) is 2.08. The van der Waals surface area contributed by atoms with Gasteiger partial charge < -0.3 is 10.2 Å². The van der Waals surface area contributed by atoms with Gasteiger partial charge in [0.05, 0.1) is 6.61 Å². The van der Waals surface area contributed by atoms with E-state index in [4.69, 9.17) is 5.11 Å². The lowest BCUT2D eigenvalue weighted by atomic mass is 9.85. The molecule has 0 radical (unpaired) electrons. The highest BCUT2D eigenvalue weighted by molar-refractivity contribution is 5.38. The maximum atomic E-state index is 12.6. The van der Waals surface area contributed by atoms with Gasteiger partial charge in [0.1, 0.15) is 11.6 Å². The molecule has 72 valence electrons. The van der Waals surface area contributed by atoms with E-state index >= 15 is 0 Å². The van der Waals surface area contributed by atoms with Crippen molar-refractivity contribution < 1.29 is 14.6 Å². The summed E-state index contributed by atoms with van der Waals surface area (Å²) in [6, 6.07) is 3.81. The van der Waals surface area contributed by atoms with E-state index in [1.807, 2.05) is 0 Å². The molecule has 1 aromatic carbocycles. The Morgan fingerprint density at radius 2 is 2.00 bits per heavy atom. The van der Waals surface area contributed by atoms with Gasteiger partial charge in [0.15, 0.2) is 0 Å². The largest absolute Gasteiger partial charge is 0.508 e. The standard InChI is InChI=1S/C10H13FO2/c1-10(2,6-12)8-4-3-7(11)5-9(8)13/h3-5,12-13H,6H2,1-2H3. The van der Waals surface area contributed by atoms with Crippen LogP contribution in [0, 0.1) is 5.82 Å². The number of aliphatic hydroxyl groups excluding tert-OH is 1. The van der Waals surface area contributed by atoms with Crippen molar-refractivity contribution >= 4 is 0 Å². The molecule has 0 saturated carbocycles. The van der Waals surface area contributed by atoms with Gasteiger partial charge in [0.2, 0.25) is 0 Å². The Balaban J connectivity index is 3.16. The molecule has 0 aliphatic heterocycles. The van der Waals surface area contributed by atoms with E-state index in [9.17, 15) is 9.50 Å². The number of phenols is 1. The van der Waals surface area contributed by atoms with Crippen LogP contribution in [0.15, 0.2) is 18.2 Å². The van der Waals surface area contributed by atoms with Crippen LogP contribution in [0.3, 0.4) is 0 Å². The van der Waals surface area contributed by atoms with Crippen molar-refractivity contribution in [3.8, 4) is 5.75 Å². The van der Waals surface area contributed by atoms with E-state index in [0.29, 0.717) is 5.56 Å². The zero-order chi connectivity index (χ0) is 10.1. The molecule has 0 spiro atoms. The van der Waals surface area contributed by atoms with E-state index in [-0.39, 0.29) is 12.4 Å². The average molecular weight is 184 g/mol. The van der Waals surface area contributed by atoms with E-state index in [1.165, 1.54) is 12.1 Å². The van der Waals surface area contributed by atoms with E-state index in [1.54, 1.807) is 13.8 Å². The van der Waals surface area contributed by atoms with Crippen molar-refractivity contribution in [2.45, 2.75) is 19.3 Å². The minimum absolute atomic E-state index is 0.0911. The number of hydrogen-bond acceptors (Lipinski definition) is 2. The average Bonchev–Trinajstić information content (AvgIpc) is 2.03. The monoisotopic (exact) mass is 184 g/mol. The molecule has 0 heterocycles. The minimum atomic E-state index is -0.544. The van der Waals surface area contributed by atoms with Crippen LogP contribution in [0.1, 0.15) is 19.4 Å². The minimum Gasteiger partial charge on any atom is -0.508 e. The lowest BCUT2D eigenvalue weighted by molar-refractivity contribution is 0.215. The number of aliphatic hydroxyl groups is 1. The van der Waals surface area contributed by atoms with Gasteiger partial charge in [-0.05, 0) is 6.07 Å². The third kappa shape index (κ3) is 1.98. The molecule has 0 fully saturated rings. The Morgan fingerprint density at radius 1 is 1.38 bits per heavy atom. The summed E-state index contributed by atoms with van der Waals surface area (Å²) in [6.07, 6.45) is 0. The smallest absolute Gasteiger partial charge is 0.126 e. The first kappa shape index (κ1) is 9.99. The fourth-order valence-electron chi connectivity index (χ4n) is 1.16. The topological polar surface area (TPSA) is 40.5 Å². The summed E-state index contributed by atoms with van der Waals surface area (Å²) in [5.74, 6) is -0.589. The molecular formula is C10H13FO2. The number of aromatic hydroxyl groups is 1. The molecule has 13 heavy (non-hydrogen) atoms. The van der Waals surface area contributed by atoms with Crippen LogP contribution in [0.4, 0.5) is 4.39 Å². The first-order valence-corrected chi connectivity index (χ1v) is 4.07. The van der Waals surface area contributed by atoms with Gasteiger partial charge in [0.25, 0.3) is 0 Å². The Bertz CT molecular complexity index is 308. The summed E-state index contributed by atoms with van der Waals surface area (Å²) in [5, 5.41) is 18.4. The molecule has 2 N–H and O–H groups in total. The fraction of sp³-hybridized carbons (Fsp3) is 0.400. The fourth-order valence-corrected chi connectivity index (χ4v) is 1.16. The first-order valence-electron chi connectivity index (χ1n) is 4.07. The van der Waals surface area contributed by atoms with Gasteiger partial charge >= 0.3 is 0 Å². The molecule has 1 rings (SSSR count). The van der Waals surface area contributed by atoms with E-state index < -0.39 is 11.2 Å². The summed E-state index contributed by atoms with van der Waals surface area (Å²) >= 11 is 0. The van der Waals surface area contributed by atoms with Gasteiger partial charge in [-0.2, -0.15) is 0 Å². The van der Waals surface area contributed by atoms with Gasteiger partial charge in [0, 0.05) is 17.0 Å². The van der Waals surface area contributed by atoms with Crippen molar-refractivity contribution in [3.63, 3.8) is 0 Å². The second kappa shape index (κ2) is 3.34. The second-order valence-electron chi connectivity index (χ2n) is 3.70. The molecule has 0 aliphatic carbocycles. The number of rotatable bonds is 2. The van der Waals surface area contributed by atoms with Gasteiger partial charge in [-0.15, -0.1) is 0 Å². The van der Waals surface area contributed by atoms with Crippen LogP contribution < -0.4 is 0 Å². The molecule has 3 heteroatoms. The van der Waals surface area contributed by atoms with E-state index in [0.717, 1.165) is 6.07 Å². The third-order valence-corrected chi connectivity index (χ3v) is 2.08. The van der Waals surface area contributed by atoms with Gasteiger partial charge in [-0.1, -0.05) is 19.9 Å². The highest BCUT2D eigenvalue weighted by Crippen LogP contribution is 2.30. The summed E-state index contributed by atoms with van der Waals surface area (Å²) in [7, 11) is 0. The maximum absolute atomic E-state index is 12.6. The maximum Gasteiger partial charge on any atom is 0.126 e. The van der Waals surface area contributed by atoms with Crippen LogP contribution >= 0.6 is 0 Å². The SMILES string of the molecule is CC(C)(CO)c1ccc(F)cc1O. The molecule has 0 amide bonds. The van der Waals surface area contributed by atoms with Crippen molar-refractivity contribution in [1.82, 2.24) is 0 Å². The van der Waals surface area contributed by atoms with Crippen molar-refractivity contribution in [1.29, 1.82) is 0 Å². The molecule has 0 saturated heterocycles. The van der Waals surface area contributed by atoms with Gasteiger partial charge in [-0.3, -0.25) is 0 Å². The predicted octanol–water partition coefficient (Wildman–Crippen LogP) is 1.80. The lowest BCUT2D eigenvalue weighted by Gasteiger charge is -2.22. The van der Waals surface area contributed by atoms with Crippen molar-refractivity contribution in [2.75, 3.05) is 6.61 Å². The quantitative estimate of drug-likeness (QED) is 0.735. The Labute approximate surface area is 76.6 Å². The number of hydrogen-bond donors (Lipinski definition) is 2. The molecule has 0 aliphatic rings. The summed E-state index contributed by atoms with van der Waals surface area (Å²) < 4.78 is 12.6. The Kier molecular flexibility index (Phi) is 2.57. The van der Waals surface area contributed by atoms with Crippen molar-refractivity contribution in [2.24, 2.45) is 0 Å². The zero-order valence-corrected chi connectivity index (χ0v) is 7.71. The highest BCUT2D eigenvalue weighted by Gasteiger charge is 2.22. The molecule has 0 bridgehead atoms. The van der Waals surface area contributed by atoms with Crippen molar-refractivity contribution in [3.05, 3.63) is 29.6 Å². The van der Waals surface area contributed by atoms with Crippen LogP contribution in [0.5, 0.6) is 5.75 Å². The normalized spacial score (nSPS) is 11.7. The van der Waals surface area contributed by atoms with Crippen LogP contribution in [-0.4, -0.2) is 16.8 Å². The zero-order valence-electron chi connectivity index (χ0n) is 7.71. The number of benzene rings is 1. The molecule has 0 unspecified atom stereocenters. The van der Waals surface area contributed by atoms with Crippen LogP contribution in [-0.2, 0) is 5.41 Å². The summed E-state index contributed by atoms with van der Waals surface area (Å²) in [6.45, 7) is 3.46. The molecule has 0 atom stereocenters. The van der Waals surface area contributed by atoms with Crippen LogP contribution in [0.25, 0.3) is 0 Å². The Hall–Kier alpha value is -1.09. The molecular weight excluding hydrogens is 171 g/mol. The summed E-state index contributed by atoms with van der Waals surface area (Å²) in [5.41, 5.74) is 0.00836. The number of halogens is 1. The second-order valence-corrected chi connectivity index (χ2v) is 3.70. The molecule has 1 aromatic rings. The summed E-state index contributed by atoms with van der Waals surface area (Å²) in [4.78, 5) is 0. The highest BCUT2D eigenvalue weighted by atomic mass is 19.1.